The van der Waals surface area contributed by atoms with Crippen LogP contribution in [-0.4, -0.2) is 12.1 Å². The van der Waals surface area contributed by atoms with Gasteiger partial charge in [-0.3, -0.25) is 0 Å². The zero-order valence-electron chi connectivity index (χ0n) is 6.67. The Balaban J connectivity index is 2.60. The van der Waals surface area contributed by atoms with Crippen LogP contribution in [0.15, 0.2) is 12.1 Å². The van der Waals surface area contributed by atoms with E-state index < -0.39 is 7.12 Å². The smallest absolute Gasteiger partial charge is 0.423 e. The highest BCUT2D eigenvalue weighted by Crippen LogP contribution is 2.18. The molecule has 0 radical (unpaired) electrons. The second-order valence-corrected chi connectivity index (χ2v) is 3.40. The fourth-order valence-corrected chi connectivity index (χ4v) is 1.84. The van der Waals surface area contributed by atoms with Crippen LogP contribution in [0, 0.1) is 6.92 Å². The van der Waals surface area contributed by atoms with Crippen molar-refractivity contribution in [2.75, 3.05) is 0 Å². The fraction of sp³-hybridized carbons (Fsp3) is 0.250. The molecule has 0 saturated carbocycles. The van der Waals surface area contributed by atoms with Crippen LogP contribution in [0.2, 0.25) is 5.02 Å². The Kier molecular flexibility index (Phi) is 1.87. The van der Waals surface area contributed by atoms with Gasteiger partial charge in [-0.2, -0.15) is 0 Å². The lowest BCUT2D eigenvalue weighted by molar-refractivity contribution is 0.275. The van der Waals surface area contributed by atoms with Crippen LogP contribution >= 0.6 is 11.6 Å². The molecule has 2 rings (SSSR count). The quantitative estimate of drug-likeness (QED) is 0.603. The van der Waals surface area contributed by atoms with Crippen molar-refractivity contribution in [1.29, 1.82) is 0 Å². The van der Waals surface area contributed by atoms with E-state index in [1.807, 2.05) is 19.1 Å². The lowest BCUT2D eigenvalue weighted by Gasteiger charge is -2.03. The van der Waals surface area contributed by atoms with E-state index in [-0.39, 0.29) is 0 Å². The summed E-state index contributed by atoms with van der Waals surface area (Å²) in [5.74, 6) is 0. The van der Waals surface area contributed by atoms with Crippen molar-refractivity contribution >= 4 is 24.2 Å². The van der Waals surface area contributed by atoms with E-state index in [9.17, 15) is 5.02 Å². The molecule has 12 heavy (non-hydrogen) atoms. The van der Waals surface area contributed by atoms with Gasteiger partial charge in [0, 0.05) is 5.02 Å². The van der Waals surface area contributed by atoms with E-state index in [4.69, 9.17) is 16.3 Å². The molecule has 4 heteroatoms. The number of hydrogen-bond donors (Lipinski definition) is 1. The molecular weight excluding hydrogens is 174 g/mol. The molecule has 62 valence electrons. The zero-order valence-corrected chi connectivity index (χ0v) is 7.43. The van der Waals surface area contributed by atoms with Crippen molar-refractivity contribution in [1.82, 2.24) is 0 Å². The summed E-state index contributed by atoms with van der Waals surface area (Å²) in [7, 11) is -0.766. The average Bonchev–Trinajstić information content (AvgIpc) is 2.31. The number of aryl methyl sites for hydroxylation is 1. The van der Waals surface area contributed by atoms with E-state index in [1.54, 1.807) is 0 Å². The molecule has 1 aliphatic rings. The second kappa shape index (κ2) is 2.77. The second-order valence-electron chi connectivity index (χ2n) is 2.96. The molecule has 0 aromatic heterocycles. The van der Waals surface area contributed by atoms with Gasteiger partial charge in [-0.05, 0) is 35.6 Å². The Morgan fingerprint density at radius 1 is 1.58 bits per heavy atom. The molecule has 1 aliphatic heterocycles. The summed E-state index contributed by atoms with van der Waals surface area (Å²) in [4.78, 5) is 0. The molecule has 0 aliphatic carbocycles. The molecule has 0 bridgehead atoms. The van der Waals surface area contributed by atoms with Crippen LogP contribution in [0.5, 0.6) is 0 Å². The third-order valence-corrected chi connectivity index (χ3v) is 2.30. The first-order valence-corrected chi connectivity index (χ1v) is 4.15. The number of hydrogen-bond acceptors (Lipinski definition) is 2. The van der Waals surface area contributed by atoms with Crippen LogP contribution in [0.25, 0.3) is 0 Å². The van der Waals surface area contributed by atoms with Gasteiger partial charge in [0.25, 0.3) is 0 Å². The van der Waals surface area contributed by atoms with Gasteiger partial charge in [-0.15, -0.1) is 0 Å². The van der Waals surface area contributed by atoms with Gasteiger partial charge in [-0.1, -0.05) is 11.6 Å². The predicted octanol–water partition coefficient (Wildman–Crippen LogP) is 0.866. The van der Waals surface area contributed by atoms with Crippen LogP contribution in [0.1, 0.15) is 11.1 Å². The van der Waals surface area contributed by atoms with E-state index >= 15 is 0 Å². The Morgan fingerprint density at radius 2 is 2.33 bits per heavy atom. The number of halogens is 1. The first-order valence-electron chi connectivity index (χ1n) is 3.77. The molecule has 0 amide bonds. The Morgan fingerprint density at radius 3 is 3.08 bits per heavy atom. The highest BCUT2D eigenvalue weighted by atomic mass is 35.5. The predicted molar refractivity (Wildman–Crippen MR) is 48.6 cm³/mol. The van der Waals surface area contributed by atoms with E-state index in [0.29, 0.717) is 11.6 Å². The Labute approximate surface area is 76.3 Å². The van der Waals surface area contributed by atoms with Gasteiger partial charge in [-0.25, -0.2) is 0 Å². The van der Waals surface area contributed by atoms with Crippen molar-refractivity contribution in [2.45, 2.75) is 13.5 Å². The molecule has 0 atom stereocenters. The normalized spacial score (nSPS) is 15.1. The largest absolute Gasteiger partial charge is 0.492 e. The van der Waals surface area contributed by atoms with Gasteiger partial charge in [0.1, 0.15) is 0 Å². The summed E-state index contributed by atoms with van der Waals surface area (Å²) >= 11 is 5.84. The van der Waals surface area contributed by atoms with Crippen LogP contribution in [0.4, 0.5) is 0 Å². The van der Waals surface area contributed by atoms with Crippen LogP contribution in [-0.2, 0) is 11.3 Å². The first-order chi connectivity index (χ1) is 5.68. The molecule has 1 N–H and O–H groups in total. The molecule has 0 spiro atoms. The molecule has 2 nitrogen and oxygen atoms in total. The van der Waals surface area contributed by atoms with Crippen molar-refractivity contribution < 1.29 is 9.68 Å². The maximum absolute atomic E-state index is 9.39. The molecule has 1 aromatic carbocycles. The third-order valence-electron chi connectivity index (χ3n) is 2.08. The van der Waals surface area contributed by atoms with Gasteiger partial charge < -0.3 is 9.68 Å². The molecular formula is C8H8BClO2. The Hall–Kier alpha value is -0.505. The summed E-state index contributed by atoms with van der Waals surface area (Å²) in [5, 5.41) is 10.1. The minimum Gasteiger partial charge on any atom is -0.423 e. The Bertz CT molecular complexity index is 327. The van der Waals surface area contributed by atoms with Crippen molar-refractivity contribution in [3.63, 3.8) is 0 Å². The SMILES string of the molecule is Cc1cc(Cl)cc2c1B(O)OC2. The fourth-order valence-electron chi connectivity index (χ4n) is 1.55. The van der Waals surface area contributed by atoms with Gasteiger partial charge >= 0.3 is 7.12 Å². The van der Waals surface area contributed by atoms with Crippen LogP contribution < -0.4 is 5.46 Å². The maximum atomic E-state index is 9.39. The molecule has 1 heterocycles. The maximum Gasteiger partial charge on any atom is 0.492 e. The highest BCUT2D eigenvalue weighted by molar-refractivity contribution is 6.62. The summed E-state index contributed by atoms with van der Waals surface area (Å²) in [6.07, 6.45) is 0. The first kappa shape index (κ1) is 8.11. The summed E-state index contributed by atoms with van der Waals surface area (Å²) in [6.45, 7) is 2.38. The lowest BCUT2D eigenvalue weighted by atomic mass is 9.76. The van der Waals surface area contributed by atoms with Gasteiger partial charge in [0.2, 0.25) is 0 Å². The van der Waals surface area contributed by atoms with Crippen molar-refractivity contribution in [3.05, 3.63) is 28.3 Å². The van der Waals surface area contributed by atoms with Crippen molar-refractivity contribution in [2.24, 2.45) is 0 Å². The van der Waals surface area contributed by atoms with E-state index in [0.717, 1.165) is 16.6 Å². The molecule has 0 fully saturated rings. The standard InChI is InChI=1S/C8H8BClO2/c1-5-2-7(10)3-6-4-12-9(11)8(5)6/h2-3,11H,4H2,1H3. The summed E-state index contributed by atoms with van der Waals surface area (Å²) < 4.78 is 5.06. The summed E-state index contributed by atoms with van der Waals surface area (Å²) in [6, 6.07) is 3.67. The topological polar surface area (TPSA) is 29.5 Å². The van der Waals surface area contributed by atoms with Gasteiger partial charge in [0.15, 0.2) is 0 Å². The number of benzene rings is 1. The third kappa shape index (κ3) is 1.14. The summed E-state index contributed by atoms with van der Waals surface area (Å²) in [5.41, 5.74) is 2.86. The van der Waals surface area contributed by atoms with Crippen LogP contribution in [0.3, 0.4) is 0 Å². The monoisotopic (exact) mass is 182 g/mol. The highest BCUT2D eigenvalue weighted by Gasteiger charge is 2.28. The zero-order chi connectivity index (χ0) is 8.72. The number of rotatable bonds is 0. The average molecular weight is 182 g/mol. The van der Waals surface area contributed by atoms with Crippen molar-refractivity contribution in [3.8, 4) is 0 Å². The lowest BCUT2D eigenvalue weighted by Crippen LogP contribution is -2.30. The van der Waals surface area contributed by atoms with E-state index in [2.05, 4.69) is 0 Å². The molecule has 1 aromatic rings. The minimum atomic E-state index is -0.766. The van der Waals surface area contributed by atoms with E-state index in [1.165, 1.54) is 0 Å². The van der Waals surface area contributed by atoms with Gasteiger partial charge in [0.05, 0.1) is 6.61 Å². The number of fused-ring (bicyclic) bond motifs is 1. The molecule has 0 saturated heterocycles. The minimum absolute atomic E-state index is 0.456. The molecule has 0 unspecified atom stereocenters.